The number of aliphatic hydroxyl groups is 1. The van der Waals surface area contributed by atoms with Gasteiger partial charge in [-0.2, -0.15) is 0 Å². The number of amides is 4. The molecule has 0 saturated carbocycles. The Kier molecular flexibility index (Phi) is 46.0. The molecule has 19 nitrogen and oxygen atoms in total. The van der Waals surface area contributed by atoms with E-state index in [4.69, 9.17) is 29.4 Å². The van der Waals surface area contributed by atoms with Crippen LogP contribution >= 0.6 is 0 Å². The van der Waals surface area contributed by atoms with Crippen LogP contribution in [0.25, 0.3) is 0 Å². The first-order valence-corrected chi connectivity index (χ1v) is 32.7. The number of nitrogens with two attached hydrogens (primary N) is 1. The third-order valence-electron chi connectivity index (χ3n) is 15.5. The third kappa shape index (κ3) is 39.1. The number of hydrogen-bond acceptors (Lipinski definition) is 15. The van der Waals surface area contributed by atoms with Gasteiger partial charge in [-0.1, -0.05) is 213 Å². The van der Waals surface area contributed by atoms with Gasteiger partial charge in [0.15, 0.2) is 0 Å². The van der Waals surface area contributed by atoms with E-state index in [2.05, 4.69) is 41.5 Å². The van der Waals surface area contributed by atoms with Crippen molar-refractivity contribution in [1.82, 2.24) is 16.0 Å². The lowest BCUT2D eigenvalue weighted by Gasteiger charge is -2.44. The lowest BCUT2D eigenvalue weighted by Crippen LogP contribution is -2.66. The molecule has 1 saturated heterocycles. The Morgan fingerprint density at radius 1 is 0.542 bits per heavy atom. The van der Waals surface area contributed by atoms with Crippen LogP contribution in [0, 0.1) is 0 Å². The van der Waals surface area contributed by atoms with Crippen molar-refractivity contribution in [2.75, 3.05) is 13.7 Å². The standard InChI is InChI=1S/C64H116N4O15/c1-8-11-14-17-20-23-25-26-28-31-33-36-39-42-55(71)81-51(41-38-35-32-29-22-19-16-13-10-3)46-57(73)79-47-53-59(74)60(80-49(5)63(77)66-48(4)62(76)68-52(61(65)75)44-45-54(70)78-7)58(67-50(6)69)64(82-53)83-56(72)43-40-37-34-30-27-24-21-18-15-12-9-2/h48-49,51-53,58-60,64,74H,8-47H2,1-7H3,(H2,65,75)(H,66,77)(H,67,69)(H,68,76)/t48-,49?,51+,52+,53+,58+,59+,60-,64?/m0/s1. The SMILES string of the molecule is CCCCCCCCCCCCCCCC(=O)O[C@H](CCCCCCCCCCC)CC(=O)OC[C@H]1OC(OC(=O)CCCCCCCCCCCCC)[C@H](NC(C)=O)[C@H](OC(C)C(=O)N[C@@H](C)C(=O)N[C@H](CCC(=O)OC)C(N)=O)[C@@H]1O. The van der Waals surface area contributed by atoms with Crippen molar-refractivity contribution in [3.63, 3.8) is 0 Å². The average molecular weight is 1180 g/mol. The molecular weight excluding hydrogens is 1060 g/mol. The molecule has 0 bridgehead atoms. The predicted octanol–water partition coefficient (Wildman–Crippen LogP) is 11.3. The van der Waals surface area contributed by atoms with E-state index in [1.54, 1.807) is 0 Å². The normalized spacial score (nSPS) is 18.2. The minimum Gasteiger partial charge on any atom is -0.469 e. The van der Waals surface area contributed by atoms with Crippen molar-refractivity contribution >= 4 is 47.5 Å². The fourth-order valence-corrected chi connectivity index (χ4v) is 10.3. The van der Waals surface area contributed by atoms with Gasteiger partial charge in [0, 0.05) is 26.2 Å². The molecule has 0 radical (unpaired) electrons. The summed E-state index contributed by atoms with van der Waals surface area (Å²) < 4.78 is 34.5. The van der Waals surface area contributed by atoms with Gasteiger partial charge >= 0.3 is 23.9 Å². The summed E-state index contributed by atoms with van der Waals surface area (Å²) in [5.74, 6) is -5.49. The van der Waals surface area contributed by atoms with E-state index < -0.39 is 103 Å². The van der Waals surface area contributed by atoms with E-state index in [1.165, 1.54) is 156 Å². The fraction of sp³-hybridized carbons (Fsp3) is 0.875. The summed E-state index contributed by atoms with van der Waals surface area (Å²) in [5.41, 5.74) is 5.46. The smallest absolute Gasteiger partial charge is 0.309 e. The van der Waals surface area contributed by atoms with Crippen LogP contribution in [-0.4, -0.2) is 121 Å². The molecule has 0 spiro atoms. The summed E-state index contributed by atoms with van der Waals surface area (Å²) in [6.45, 7) is 9.97. The summed E-state index contributed by atoms with van der Waals surface area (Å²) in [5, 5.41) is 19.5. The van der Waals surface area contributed by atoms with E-state index in [0.29, 0.717) is 19.3 Å². The zero-order valence-corrected chi connectivity index (χ0v) is 52.7. The number of primary amides is 1. The number of nitrogens with one attached hydrogen (secondary N) is 3. The Morgan fingerprint density at radius 2 is 0.988 bits per heavy atom. The fourth-order valence-electron chi connectivity index (χ4n) is 10.3. The van der Waals surface area contributed by atoms with Gasteiger partial charge in [-0.25, -0.2) is 0 Å². The molecule has 0 aromatic heterocycles. The lowest BCUT2D eigenvalue weighted by molar-refractivity contribution is -0.275. The number of ether oxygens (including phenoxy) is 6. The van der Waals surface area contributed by atoms with Gasteiger partial charge in [-0.05, 0) is 46.0 Å². The van der Waals surface area contributed by atoms with E-state index in [1.807, 2.05) is 0 Å². The van der Waals surface area contributed by atoms with Crippen molar-refractivity contribution in [2.45, 2.75) is 347 Å². The number of hydrogen-bond donors (Lipinski definition) is 5. The van der Waals surface area contributed by atoms with E-state index >= 15 is 0 Å². The summed E-state index contributed by atoms with van der Waals surface area (Å²) in [6.07, 6.45) is 28.9. The van der Waals surface area contributed by atoms with Gasteiger partial charge in [0.2, 0.25) is 29.9 Å². The summed E-state index contributed by atoms with van der Waals surface area (Å²) in [6, 6.07) is -3.86. The Labute approximate surface area is 499 Å². The minimum atomic E-state index is -1.70. The second-order valence-corrected chi connectivity index (χ2v) is 23.2. The molecule has 482 valence electrons. The maximum atomic E-state index is 13.7. The second kappa shape index (κ2) is 49.9. The summed E-state index contributed by atoms with van der Waals surface area (Å²) >= 11 is 0. The highest BCUT2D eigenvalue weighted by molar-refractivity contribution is 5.92. The average Bonchev–Trinajstić information content (AvgIpc) is 3.58. The van der Waals surface area contributed by atoms with Crippen molar-refractivity contribution in [3.05, 3.63) is 0 Å². The molecule has 83 heavy (non-hydrogen) atoms. The van der Waals surface area contributed by atoms with Crippen LogP contribution in [0.4, 0.5) is 0 Å². The molecule has 19 heteroatoms. The number of unbranched alkanes of at least 4 members (excludes halogenated alkanes) is 30. The molecule has 1 aliphatic rings. The maximum absolute atomic E-state index is 13.7. The lowest BCUT2D eigenvalue weighted by atomic mass is 9.96. The zero-order chi connectivity index (χ0) is 61.5. The van der Waals surface area contributed by atoms with Gasteiger partial charge < -0.3 is 55.2 Å². The molecule has 2 unspecified atom stereocenters. The molecule has 0 aromatic rings. The van der Waals surface area contributed by atoms with Gasteiger partial charge in [0.25, 0.3) is 0 Å². The number of aliphatic hydroxyl groups excluding tert-OH is 1. The van der Waals surface area contributed by atoms with E-state index in [-0.39, 0.29) is 38.1 Å². The van der Waals surface area contributed by atoms with Crippen molar-refractivity contribution in [1.29, 1.82) is 0 Å². The van der Waals surface area contributed by atoms with Crippen molar-refractivity contribution in [3.8, 4) is 0 Å². The van der Waals surface area contributed by atoms with Crippen LogP contribution in [0.3, 0.4) is 0 Å². The number of carbonyl (C=O) groups is 8. The molecule has 1 rings (SSSR count). The van der Waals surface area contributed by atoms with Crippen LogP contribution in [0.15, 0.2) is 0 Å². The zero-order valence-electron chi connectivity index (χ0n) is 52.7. The largest absolute Gasteiger partial charge is 0.469 e. The topological polar surface area (TPSA) is 274 Å². The Hall–Kier alpha value is -4.36. The third-order valence-corrected chi connectivity index (χ3v) is 15.5. The molecule has 1 aliphatic heterocycles. The van der Waals surface area contributed by atoms with Crippen LogP contribution in [0.1, 0.15) is 292 Å². The number of carbonyl (C=O) groups excluding carboxylic acids is 8. The number of esters is 4. The van der Waals surface area contributed by atoms with E-state index in [0.717, 1.165) is 70.6 Å². The van der Waals surface area contributed by atoms with Crippen LogP contribution in [0.5, 0.6) is 0 Å². The Balaban J connectivity index is 3.19. The molecule has 4 amide bonds. The highest BCUT2D eigenvalue weighted by Gasteiger charge is 2.50. The number of methoxy groups -OCH3 is 1. The Morgan fingerprint density at radius 3 is 1.43 bits per heavy atom. The molecule has 9 atom stereocenters. The van der Waals surface area contributed by atoms with Crippen molar-refractivity contribution < 1.29 is 71.9 Å². The quantitative estimate of drug-likeness (QED) is 0.0215. The van der Waals surface area contributed by atoms with Gasteiger partial charge in [-0.15, -0.1) is 0 Å². The Bertz CT molecular complexity index is 1770. The first-order valence-electron chi connectivity index (χ1n) is 32.7. The molecule has 1 fully saturated rings. The molecule has 0 aromatic carbocycles. The van der Waals surface area contributed by atoms with Gasteiger partial charge in [0.1, 0.15) is 55.3 Å². The van der Waals surface area contributed by atoms with Gasteiger partial charge in [-0.3, -0.25) is 38.4 Å². The number of rotatable bonds is 53. The second-order valence-electron chi connectivity index (χ2n) is 23.2. The maximum Gasteiger partial charge on any atom is 0.309 e. The molecule has 6 N–H and O–H groups in total. The first-order chi connectivity index (χ1) is 40.0. The van der Waals surface area contributed by atoms with Crippen LogP contribution < -0.4 is 21.7 Å². The van der Waals surface area contributed by atoms with Crippen LogP contribution in [0.2, 0.25) is 0 Å². The highest BCUT2D eigenvalue weighted by Crippen LogP contribution is 2.28. The molecule has 0 aliphatic carbocycles. The van der Waals surface area contributed by atoms with Crippen LogP contribution in [-0.2, 0) is 66.8 Å². The summed E-state index contributed by atoms with van der Waals surface area (Å²) in [7, 11) is 1.18. The highest BCUT2D eigenvalue weighted by atomic mass is 16.7. The summed E-state index contributed by atoms with van der Waals surface area (Å²) in [4.78, 5) is 104. The predicted molar refractivity (Wildman–Crippen MR) is 321 cm³/mol. The molecular formula is C64H116N4O15. The first kappa shape index (κ1) is 76.7. The van der Waals surface area contributed by atoms with E-state index in [9.17, 15) is 43.5 Å². The monoisotopic (exact) mass is 1180 g/mol. The van der Waals surface area contributed by atoms with Crippen molar-refractivity contribution in [2.24, 2.45) is 5.73 Å². The molecule has 1 heterocycles. The van der Waals surface area contributed by atoms with Gasteiger partial charge in [0.05, 0.1) is 13.5 Å². The minimum absolute atomic E-state index is 0.0356.